The normalized spacial score (nSPS) is 17.5. The summed E-state index contributed by atoms with van der Waals surface area (Å²) in [6.45, 7) is 2.46. The zero-order valence-electron chi connectivity index (χ0n) is 14.6. The first kappa shape index (κ1) is 18.9. The molecule has 8 nitrogen and oxygen atoms in total. The number of hydrogen-bond donors (Lipinski definition) is 0. The summed E-state index contributed by atoms with van der Waals surface area (Å²) in [7, 11) is 0. The highest BCUT2D eigenvalue weighted by Gasteiger charge is 2.39. The van der Waals surface area contributed by atoms with Gasteiger partial charge in [-0.15, -0.1) is 5.10 Å². The molecule has 2 aliphatic rings. The van der Waals surface area contributed by atoms with Crippen molar-refractivity contribution in [1.82, 2.24) is 19.4 Å². The standard InChI is InChI=1S/C16H16F3N5O3S/c17-16(18,19)14-21-23(9-22-3-5-25-6-4-22)15(28)24(14)20-8-11-1-2-12-13(7-11)27-10-26-12/h1-2,7-8H,3-6,9-10H2. The van der Waals surface area contributed by atoms with Gasteiger partial charge in [-0.2, -0.15) is 22.9 Å². The van der Waals surface area contributed by atoms with Crippen LogP contribution in [-0.2, 0) is 17.6 Å². The molecule has 2 aliphatic heterocycles. The number of benzene rings is 1. The number of nitrogens with zero attached hydrogens (tertiary/aromatic N) is 5. The molecule has 1 aromatic carbocycles. The Morgan fingerprint density at radius 3 is 2.68 bits per heavy atom. The van der Waals surface area contributed by atoms with Gasteiger partial charge in [-0.05, 0) is 36.0 Å². The average molecular weight is 415 g/mol. The zero-order valence-corrected chi connectivity index (χ0v) is 15.4. The van der Waals surface area contributed by atoms with E-state index in [1.54, 1.807) is 18.2 Å². The molecule has 0 bridgehead atoms. The molecule has 4 rings (SSSR count). The van der Waals surface area contributed by atoms with Crippen molar-refractivity contribution >= 4 is 18.4 Å². The van der Waals surface area contributed by atoms with Crippen molar-refractivity contribution in [2.75, 3.05) is 33.1 Å². The molecule has 0 unspecified atom stereocenters. The van der Waals surface area contributed by atoms with E-state index in [0.717, 1.165) is 4.68 Å². The Labute approximate surface area is 162 Å². The predicted octanol–water partition coefficient (Wildman–Crippen LogP) is 2.33. The topological polar surface area (TPSA) is 66.0 Å². The van der Waals surface area contributed by atoms with E-state index in [2.05, 4.69) is 10.2 Å². The first-order chi connectivity index (χ1) is 13.4. The maximum Gasteiger partial charge on any atom is 0.453 e. The molecule has 1 aromatic heterocycles. The summed E-state index contributed by atoms with van der Waals surface area (Å²) in [5.74, 6) is -0.0996. The van der Waals surface area contributed by atoms with Crippen LogP contribution in [0.2, 0.25) is 0 Å². The third-order valence-corrected chi connectivity index (χ3v) is 4.61. The van der Waals surface area contributed by atoms with Gasteiger partial charge in [-0.3, -0.25) is 4.90 Å². The van der Waals surface area contributed by atoms with E-state index in [1.807, 2.05) is 4.90 Å². The van der Waals surface area contributed by atoms with Gasteiger partial charge in [0, 0.05) is 13.1 Å². The molecule has 0 aliphatic carbocycles. The number of halogens is 3. The smallest absolute Gasteiger partial charge is 0.453 e. The number of fused-ring (bicyclic) bond motifs is 1. The lowest BCUT2D eigenvalue weighted by atomic mass is 10.2. The highest BCUT2D eigenvalue weighted by Crippen LogP contribution is 2.32. The second kappa shape index (κ2) is 7.53. The number of morpholine rings is 1. The minimum Gasteiger partial charge on any atom is -0.454 e. The summed E-state index contributed by atoms with van der Waals surface area (Å²) in [5.41, 5.74) is 0.542. The van der Waals surface area contributed by atoms with Gasteiger partial charge in [0.05, 0.1) is 26.1 Å². The lowest BCUT2D eigenvalue weighted by molar-refractivity contribution is -0.147. The van der Waals surface area contributed by atoms with Crippen molar-refractivity contribution in [2.24, 2.45) is 5.10 Å². The number of rotatable bonds is 4. The maximum absolute atomic E-state index is 13.4. The van der Waals surface area contributed by atoms with Crippen LogP contribution >= 0.6 is 12.2 Å². The molecular weight excluding hydrogens is 399 g/mol. The van der Waals surface area contributed by atoms with Gasteiger partial charge in [0.1, 0.15) is 0 Å². The van der Waals surface area contributed by atoms with Crippen LogP contribution < -0.4 is 9.47 Å². The molecule has 28 heavy (non-hydrogen) atoms. The van der Waals surface area contributed by atoms with E-state index in [9.17, 15) is 13.2 Å². The SMILES string of the molecule is FC(F)(F)c1nn(CN2CCOCC2)c(=S)n1N=Cc1ccc2c(c1)OCO2. The molecule has 0 saturated carbocycles. The van der Waals surface area contributed by atoms with Crippen LogP contribution in [0.5, 0.6) is 11.5 Å². The highest BCUT2D eigenvalue weighted by molar-refractivity contribution is 7.71. The van der Waals surface area contributed by atoms with Gasteiger partial charge in [0.25, 0.3) is 5.82 Å². The zero-order chi connectivity index (χ0) is 19.7. The van der Waals surface area contributed by atoms with Crippen LogP contribution in [0.4, 0.5) is 13.2 Å². The molecule has 0 amide bonds. The fourth-order valence-corrected chi connectivity index (χ4v) is 3.05. The Kier molecular flexibility index (Phi) is 5.08. The second-order valence-corrected chi connectivity index (χ2v) is 6.51. The Morgan fingerprint density at radius 2 is 1.93 bits per heavy atom. The molecule has 0 N–H and O–H groups in total. The van der Waals surface area contributed by atoms with Crippen molar-refractivity contribution in [3.8, 4) is 11.5 Å². The maximum atomic E-state index is 13.4. The van der Waals surface area contributed by atoms with Gasteiger partial charge in [-0.25, -0.2) is 4.68 Å². The van der Waals surface area contributed by atoms with Gasteiger partial charge in [0.15, 0.2) is 11.5 Å². The number of ether oxygens (including phenoxy) is 3. The molecular formula is C16H16F3N5O3S. The monoisotopic (exact) mass is 415 g/mol. The predicted molar refractivity (Wildman–Crippen MR) is 94.0 cm³/mol. The number of hydrogen-bond acceptors (Lipinski definition) is 7. The number of aromatic nitrogens is 3. The van der Waals surface area contributed by atoms with E-state index < -0.39 is 12.0 Å². The van der Waals surface area contributed by atoms with Crippen molar-refractivity contribution in [1.29, 1.82) is 0 Å². The Morgan fingerprint density at radius 1 is 1.18 bits per heavy atom. The van der Waals surface area contributed by atoms with Crippen molar-refractivity contribution in [2.45, 2.75) is 12.8 Å². The molecule has 0 radical (unpaired) electrons. The minimum absolute atomic E-state index is 0.105. The van der Waals surface area contributed by atoms with E-state index in [-0.39, 0.29) is 18.2 Å². The quantitative estimate of drug-likeness (QED) is 0.564. The molecule has 12 heteroatoms. The van der Waals surface area contributed by atoms with E-state index >= 15 is 0 Å². The lowest BCUT2D eigenvalue weighted by Gasteiger charge is -2.25. The van der Waals surface area contributed by atoms with Gasteiger partial charge in [0.2, 0.25) is 11.6 Å². The Hall–Kier alpha value is -2.44. The molecule has 3 heterocycles. The third-order valence-electron chi connectivity index (χ3n) is 4.23. The van der Waals surface area contributed by atoms with E-state index in [1.165, 1.54) is 6.21 Å². The summed E-state index contributed by atoms with van der Waals surface area (Å²) in [4.78, 5) is 1.92. The van der Waals surface area contributed by atoms with Gasteiger partial charge < -0.3 is 14.2 Å². The fraction of sp³-hybridized carbons (Fsp3) is 0.438. The molecule has 150 valence electrons. The second-order valence-electron chi connectivity index (χ2n) is 6.14. The summed E-state index contributed by atoms with van der Waals surface area (Å²) >= 11 is 5.19. The summed E-state index contributed by atoms with van der Waals surface area (Å²) in [5, 5.41) is 7.58. The van der Waals surface area contributed by atoms with Crippen molar-refractivity contribution in [3.05, 3.63) is 34.4 Å². The molecule has 0 spiro atoms. The summed E-state index contributed by atoms with van der Waals surface area (Å²) in [6.07, 6.45) is -3.43. The van der Waals surface area contributed by atoms with Crippen LogP contribution in [0, 0.1) is 4.77 Å². The Balaban J connectivity index is 1.64. The summed E-state index contributed by atoms with van der Waals surface area (Å²) < 4.78 is 57.6. The molecule has 2 aromatic rings. The first-order valence-electron chi connectivity index (χ1n) is 8.43. The Bertz CT molecular complexity index is 950. The van der Waals surface area contributed by atoms with Gasteiger partial charge in [-0.1, -0.05) is 0 Å². The highest BCUT2D eigenvalue weighted by atomic mass is 32.1. The van der Waals surface area contributed by atoms with Crippen LogP contribution in [0.25, 0.3) is 0 Å². The van der Waals surface area contributed by atoms with E-state index in [0.29, 0.717) is 48.0 Å². The van der Waals surface area contributed by atoms with Crippen LogP contribution in [-0.4, -0.2) is 58.7 Å². The third kappa shape index (κ3) is 3.88. The van der Waals surface area contributed by atoms with Crippen molar-refractivity contribution < 1.29 is 27.4 Å². The largest absolute Gasteiger partial charge is 0.454 e. The van der Waals surface area contributed by atoms with Crippen LogP contribution in [0.15, 0.2) is 23.3 Å². The van der Waals surface area contributed by atoms with Gasteiger partial charge >= 0.3 is 6.18 Å². The van der Waals surface area contributed by atoms with Crippen LogP contribution in [0.1, 0.15) is 11.4 Å². The number of alkyl halides is 3. The van der Waals surface area contributed by atoms with Crippen molar-refractivity contribution in [3.63, 3.8) is 0 Å². The molecule has 1 fully saturated rings. The fourth-order valence-electron chi connectivity index (χ4n) is 2.82. The molecule has 1 saturated heterocycles. The minimum atomic E-state index is -4.70. The molecule has 0 atom stereocenters. The van der Waals surface area contributed by atoms with E-state index in [4.69, 9.17) is 26.4 Å². The first-order valence-corrected chi connectivity index (χ1v) is 8.84. The van der Waals surface area contributed by atoms with Crippen LogP contribution in [0.3, 0.4) is 0 Å². The lowest BCUT2D eigenvalue weighted by Crippen LogP contribution is -2.37. The summed E-state index contributed by atoms with van der Waals surface area (Å²) in [6, 6.07) is 4.95. The average Bonchev–Trinajstić information content (AvgIpc) is 3.25.